The van der Waals surface area contributed by atoms with Gasteiger partial charge in [-0.15, -0.1) is 0 Å². The lowest BCUT2D eigenvalue weighted by atomic mass is 9.89. The van der Waals surface area contributed by atoms with Crippen molar-refractivity contribution in [2.45, 2.75) is 31.3 Å². The standard InChI is InChI=1S/C21H25NO2/c1-23-19-7-8-21-18(13-19)14-20(24-21)15-22-11-9-17(10-12-22)16-5-3-2-4-6-16/h2-8,13,17,20H,9-12,14-15H2,1H3. The van der Waals surface area contributed by atoms with Gasteiger partial charge in [0.25, 0.3) is 0 Å². The minimum Gasteiger partial charge on any atom is -0.497 e. The third-order valence-electron chi connectivity index (χ3n) is 5.33. The first kappa shape index (κ1) is 15.5. The van der Waals surface area contributed by atoms with E-state index in [1.54, 1.807) is 7.11 Å². The second-order valence-electron chi connectivity index (χ2n) is 6.90. The summed E-state index contributed by atoms with van der Waals surface area (Å²) < 4.78 is 11.4. The molecule has 1 saturated heterocycles. The summed E-state index contributed by atoms with van der Waals surface area (Å²) in [6, 6.07) is 17.1. The Labute approximate surface area is 144 Å². The van der Waals surface area contributed by atoms with E-state index >= 15 is 0 Å². The molecule has 0 radical (unpaired) electrons. The predicted octanol–water partition coefficient (Wildman–Crippen LogP) is 3.88. The average molecular weight is 323 g/mol. The van der Waals surface area contributed by atoms with Crippen molar-refractivity contribution in [3.63, 3.8) is 0 Å². The number of methoxy groups -OCH3 is 1. The molecule has 0 spiro atoms. The van der Waals surface area contributed by atoms with Crippen LogP contribution in [0.1, 0.15) is 29.9 Å². The molecule has 2 aromatic rings. The Morgan fingerprint density at radius 3 is 2.62 bits per heavy atom. The van der Waals surface area contributed by atoms with Crippen LogP contribution in [0, 0.1) is 0 Å². The number of rotatable bonds is 4. The zero-order valence-corrected chi connectivity index (χ0v) is 14.3. The second-order valence-corrected chi connectivity index (χ2v) is 6.90. The molecular formula is C21H25NO2. The maximum atomic E-state index is 6.12. The van der Waals surface area contributed by atoms with Gasteiger partial charge < -0.3 is 9.47 Å². The molecule has 3 nitrogen and oxygen atoms in total. The smallest absolute Gasteiger partial charge is 0.123 e. The van der Waals surface area contributed by atoms with E-state index in [4.69, 9.17) is 9.47 Å². The third-order valence-corrected chi connectivity index (χ3v) is 5.33. The molecule has 4 rings (SSSR count). The van der Waals surface area contributed by atoms with Crippen molar-refractivity contribution >= 4 is 0 Å². The summed E-state index contributed by atoms with van der Waals surface area (Å²) in [6.07, 6.45) is 3.76. The number of nitrogens with zero attached hydrogens (tertiary/aromatic N) is 1. The Morgan fingerprint density at radius 1 is 1.08 bits per heavy atom. The van der Waals surface area contributed by atoms with Crippen molar-refractivity contribution in [2.75, 3.05) is 26.7 Å². The highest BCUT2D eigenvalue weighted by Crippen LogP contribution is 2.33. The summed E-state index contributed by atoms with van der Waals surface area (Å²) in [5.41, 5.74) is 2.77. The molecule has 1 atom stereocenters. The van der Waals surface area contributed by atoms with E-state index in [9.17, 15) is 0 Å². The summed E-state index contributed by atoms with van der Waals surface area (Å²) >= 11 is 0. The van der Waals surface area contributed by atoms with E-state index < -0.39 is 0 Å². The van der Waals surface area contributed by atoms with Gasteiger partial charge in [0.15, 0.2) is 0 Å². The van der Waals surface area contributed by atoms with Gasteiger partial charge in [-0.3, -0.25) is 4.90 Å². The summed E-state index contributed by atoms with van der Waals surface area (Å²) in [4.78, 5) is 2.56. The fourth-order valence-electron chi connectivity index (χ4n) is 3.99. The minimum absolute atomic E-state index is 0.278. The fraction of sp³-hybridized carbons (Fsp3) is 0.429. The average Bonchev–Trinajstić information content (AvgIpc) is 3.04. The summed E-state index contributed by atoms with van der Waals surface area (Å²) in [5, 5.41) is 0. The van der Waals surface area contributed by atoms with Gasteiger partial charge in [0.2, 0.25) is 0 Å². The molecule has 2 heterocycles. The first-order valence-corrected chi connectivity index (χ1v) is 8.92. The van der Waals surface area contributed by atoms with E-state index in [2.05, 4.69) is 41.3 Å². The monoisotopic (exact) mass is 323 g/mol. The quantitative estimate of drug-likeness (QED) is 0.852. The molecule has 24 heavy (non-hydrogen) atoms. The molecule has 0 amide bonds. The lowest BCUT2D eigenvalue weighted by Crippen LogP contribution is -2.39. The van der Waals surface area contributed by atoms with Crippen LogP contribution < -0.4 is 9.47 Å². The first-order chi connectivity index (χ1) is 11.8. The van der Waals surface area contributed by atoms with Crippen molar-refractivity contribution in [2.24, 2.45) is 0 Å². The predicted molar refractivity (Wildman–Crippen MR) is 96.0 cm³/mol. The van der Waals surface area contributed by atoms with Gasteiger partial charge in [-0.05, 0) is 55.6 Å². The van der Waals surface area contributed by atoms with Crippen molar-refractivity contribution < 1.29 is 9.47 Å². The number of piperidine rings is 1. The summed E-state index contributed by atoms with van der Waals surface area (Å²) in [5.74, 6) is 2.66. The normalized spacial score (nSPS) is 21.3. The Bertz CT molecular complexity index is 677. The lowest BCUT2D eigenvalue weighted by Gasteiger charge is -2.33. The van der Waals surface area contributed by atoms with Crippen LogP contribution in [0.25, 0.3) is 0 Å². The number of hydrogen-bond donors (Lipinski definition) is 0. The van der Waals surface area contributed by atoms with Crippen LogP contribution in [-0.4, -0.2) is 37.7 Å². The van der Waals surface area contributed by atoms with Gasteiger partial charge in [-0.2, -0.15) is 0 Å². The largest absolute Gasteiger partial charge is 0.497 e. The Hall–Kier alpha value is -2.00. The zero-order chi connectivity index (χ0) is 16.4. The summed E-state index contributed by atoms with van der Waals surface area (Å²) in [7, 11) is 1.71. The maximum Gasteiger partial charge on any atom is 0.123 e. The highest BCUT2D eigenvalue weighted by Gasteiger charge is 2.27. The number of fused-ring (bicyclic) bond motifs is 1. The molecule has 1 fully saturated rings. The highest BCUT2D eigenvalue weighted by atomic mass is 16.5. The van der Waals surface area contributed by atoms with Crippen LogP contribution >= 0.6 is 0 Å². The van der Waals surface area contributed by atoms with Crippen LogP contribution in [0.15, 0.2) is 48.5 Å². The van der Waals surface area contributed by atoms with Crippen LogP contribution in [0.2, 0.25) is 0 Å². The molecule has 126 valence electrons. The van der Waals surface area contributed by atoms with Crippen LogP contribution in [0.5, 0.6) is 11.5 Å². The topological polar surface area (TPSA) is 21.7 Å². The molecule has 2 aliphatic rings. The molecule has 0 aromatic heterocycles. The minimum atomic E-state index is 0.278. The van der Waals surface area contributed by atoms with E-state index in [1.165, 1.54) is 37.1 Å². The number of likely N-dealkylation sites (tertiary alicyclic amines) is 1. The third kappa shape index (κ3) is 3.27. The summed E-state index contributed by atoms with van der Waals surface area (Å²) in [6.45, 7) is 3.36. The molecule has 3 heteroatoms. The van der Waals surface area contributed by atoms with Gasteiger partial charge in [-0.1, -0.05) is 30.3 Å². The first-order valence-electron chi connectivity index (χ1n) is 8.92. The van der Waals surface area contributed by atoms with Crippen molar-refractivity contribution in [1.82, 2.24) is 4.90 Å². The van der Waals surface area contributed by atoms with E-state index in [0.717, 1.165) is 24.5 Å². The number of benzene rings is 2. The van der Waals surface area contributed by atoms with E-state index in [1.807, 2.05) is 12.1 Å². The Balaban J connectivity index is 1.30. The van der Waals surface area contributed by atoms with Gasteiger partial charge in [0.05, 0.1) is 7.11 Å². The highest BCUT2D eigenvalue weighted by molar-refractivity contribution is 5.43. The Morgan fingerprint density at radius 2 is 1.88 bits per heavy atom. The van der Waals surface area contributed by atoms with E-state index in [0.29, 0.717) is 5.92 Å². The molecular weight excluding hydrogens is 298 g/mol. The molecule has 0 bridgehead atoms. The molecule has 2 aromatic carbocycles. The maximum absolute atomic E-state index is 6.12. The van der Waals surface area contributed by atoms with Crippen molar-refractivity contribution in [3.05, 3.63) is 59.7 Å². The fourth-order valence-corrected chi connectivity index (χ4v) is 3.99. The van der Waals surface area contributed by atoms with Gasteiger partial charge >= 0.3 is 0 Å². The van der Waals surface area contributed by atoms with Gasteiger partial charge in [0, 0.05) is 18.5 Å². The lowest BCUT2D eigenvalue weighted by molar-refractivity contribution is 0.128. The second kappa shape index (κ2) is 6.86. The van der Waals surface area contributed by atoms with Gasteiger partial charge in [0.1, 0.15) is 17.6 Å². The van der Waals surface area contributed by atoms with Crippen molar-refractivity contribution in [3.8, 4) is 11.5 Å². The van der Waals surface area contributed by atoms with Crippen LogP contribution in [0.3, 0.4) is 0 Å². The van der Waals surface area contributed by atoms with Crippen molar-refractivity contribution in [1.29, 1.82) is 0 Å². The van der Waals surface area contributed by atoms with E-state index in [-0.39, 0.29) is 6.10 Å². The SMILES string of the molecule is COc1ccc2c(c1)CC(CN1CCC(c3ccccc3)CC1)O2. The molecule has 1 unspecified atom stereocenters. The zero-order valence-electron chi connectivity index (χ0n) is 14.3. The molecule has 0 saturated carbocycles. The molecule has 0 N–H and O–H groups in total. The van der Waals surface area contributed by atoms with Gasteiger partial charge in [-0.25, -0.2) is 0 Å². The number of hydrogen-bond acceptors (Lipinski definition) is 3. The molecule has 0 aliphatic carbocycles. The Kier molecular flexibility index (Phi) is 4.44. The van der Waals surface area contributed by atoms with Crippen LogP contribution in [-0.2, 0) is 6.42 Å². The molecule has 2 aliphatic heterocycles. The van der Waals surface area contributed by atoms with Crippen LogP contribution in [0.4, 0.5) is 0 Å². The number of ether oxygens (including phenoxy) is 2.